The van der Waals surface area contributed by atoms with Crippen LogP contribution in [0.3, 0.4) is 0 Å². The van der Waals surface area contributed by atoms with Crippen molar-refractivity contribution in [2.24, 2.45) is 0 Å². The Labute approximate surface area is 176 Å². The van der Waals surface area contributed by atoms with Gasteiger partial charge in [-0.2, -0.15) is 9.67 Å². The molecular formula is C22H17N5O4. The third-order valence-electron chi connectivity index (χ3n) is 4.35. The molecule has 0 bridgehead atoms. The van der Waals surface area contributed by atoms with E-state index in [1.807, 2.05) is 30.3 Å². The van der Waals surface area contributed by atoms with Gasteiger partial charge in [0.15, 0.2) is 5.76 Å². The number of hydrogen-bond acceptors (Lipinski definition) is 7. The average molecular weight is 415 g/mol. The van der Waals surface area contributed by atoms with Gasteiger partial charge in [-0.05, 0) is 29.3 Å². The molecule has 4 rings (SSSR count). The Kier molecular flexibility index (Phi) is 5.66. The molecule has 154 valence electrons. The molecule has 0 atom stereocenters. The molecule has 0 fully saturated rings. The smallest absolute Gasteiger partial charge is 0.274 e. The second kappa shape index (κ2) is 8.87. The number of nitrogens with zero attached hydrogens (tertiary/aromatic N) is 4. The topological polar surface area (TPSA) is 116 Å². The van der Waals surface area contributed by atoms with Crippen molar-refractivity contribution in [3.05, 3.63) is 100 Å². The molecule has 0 saturated carbocycles. The lowest BCUT2D eigenvalue weighted by Gasteiger charge is -2.05. The Balaban J connectivity index is 1.60. The molecule has 0 spiro atoms. The van der Waals surface area contributed by atoms with Gasteiger partial charge in [0.2, 0.25) is 11.8 Å². The van der Waals surface area contributed by atoms with Gasteiger partial charge in [-0.25, -0.2) is 0 Å². The van der Waals surface area contributed by atoms with Crippen molar-refractivity contribution < 1.29 is 14.1 Å². The maximum atomic E-state index is 12.8. The second-order valence-electron chi connectivity index (χ2n) is 6.51. The van der Waals surface area contributed by atoms with Crippen LogP contribution in [0.4, 0.5) is 11.6 Å². The summed E-state index contributed by atoms with van der Waals surface area (Å²) in [5, 5.41) is 18.3. The van der Waals surface area contributed by atoms with E-state index in [9.17, 15) is 14.9 Å². The number of benzene rings is 2. The van der Waals surface area contributed by atoms with Crippen LogP contribution in [-0.2, 0) is 6.54 Å². The van der Waals surface area contributed by atoms with Crippen molar-refractivity contribution in [2.45, 2.75) is 6.54 Å². The first-order chi connectivity index (χ1) is 15.1. The zero-order valence-corrected chi connectivity index (χ0v) is 16.2. The lowest BCUT2D eigenvalue weighted by atomic mass is 10.2. The van der Waals surface area contributed by atoms with Crippen LogP contribution in [0.1, 0.15) is 15.9 Å². The van der Waals surface area contributed by atoms with Crippen LogP contribution in [0.15, 0.2) is 83.5 Å². The summed E-state index contributed by atoms with van der Waals surface area (Å²) in [5.41, 5.74) is 1.48. The molecule has 9 nitrogen and oxygen atoms in total. The van der Waals surface area contributed by atoms with Crippen molar-refractivity contribution in [3.63, 3.8) is 0 Å². The molecule has 0 unspecified atom stereocenters. The van der Waals surface area contributed by atoms with E-state index >= 15 is 0 Å². The average Bonchev–Trinajstić information content (AvgIpc) is 3.47. The Bertz CT molecular complexity index is 1230. The molecule has 2 aromatic carbocycles. The minimum atomic E-state index is -0.488. The minimum Gasteiger partial charge on any atom is -0.461 e. The summed E-state index contributed by atoms with van der Waals surface area (Å²) in [4.78, 5) is 27.7. The monoisotopic (exact) mass is 415 g/mol. The van der Waals surface area contributed by atoms with E-state index < -0.39 is 10.8 Å². The molecule has 0 radical (unpaired) electrons. The molecule has 0 amide bonds. The molecule has 2 heterocycles. The van der Waals surface area contributed by atoms with Crippen LogP contribution in [0, 0.1) is 10.1 Å². The first-order valence-corrected chi connectivity index (χ1v) is 9.36. The highest BCUT2D eigenvalue weighted by atomic mass is 16.6. The molecule has 0 aliphatic rings. The largest absolute Gasteiger partial charge is 0.461 e. The quantitative estimate of drug-likeness (QED) is 0.270. The predicted molar refractivity (Wildman–Crippen MR) is 114 cm³/mol. The zero-order chi connectivity index (χ0) is 21.6. The third-order valence-corrected chi connectivity index (χ3v) is 4.35. The number of carbonyl (C=O) groups is 1. The van der Waals surface area contributed by atoms with E-state index in [0.717, 1.165) is 10.2 Å². The summed E-state index contributed by atoms with van der Waals surface area (Å²) in [6.45, 7) is 0.443. The van der Waals surface area contributed by atoms with Crippen molar-refractivity contribution in [3.8, 4) is 11.6 Å². The van der Waals surface area contributed by atoms with Crippen LogP contribution >= 0.6 is 0 Å². The number of non-ortho nitro benzene ring substituents is 1. The van der Waals surface area contributed by atoms with Crippen molar-refractivity contribution in [1.82, 2.24) is 14.8 Å². The Hall–Kier alpha value is -4.53. The van der Waals surface area contributed by atoms with Crippen LogP contribution in [0.25, 0.3) is 17.7 Å². The number of rotatable bonds is 7. The highest BCUT2D eigenvalue weighted by Gasteiger charge is 2.17. The number of nitro groups is 1. The highest BCUT2D eigenvalue weighted by Crippen LogP contribution is 2.19. The molecule has 31 heavy (non-hydrogen) atoms. The first-order valence-electron chi connectivity index (χ1n) is 9.36. The molecule has 1 N–H and O–H groups in total. The summed E-state index contributed by atoms with van der Waals surface area (Å²) in [5.74, 6) is 0.478. The molecule has 0 aliphatic carbocycles. The maximum Gasteiger partial charge on any atom is 0.274 e. The summed E-state index contributed by atoms with van der Waals surface area (Å²) >= 11 is 0. The van der Waals surface area contributed by atoms with E-state index in [0.29, 0.717) is 17.9 Å². The van der Waals surface area contributed by atoms with Gasteiger partial charge in [0.05, 0.1) is 11.2 Å². The van der Waals surface area contributed by atoms with Crippen LogP contribution in [0.5, 0.6) is 0 Å². The van der Waals surface area contributed by atoms with Gasteiger partial charge in [0, 0.05) is 24.8 Å². The second-order valence-corrected chi connectivity index (χ2v) is 6.51. The van der Waals surface area contributed by atoms with Gasteiger partial charge in [-0.15, -0.1) is 5.10 Å². The number of allylic oxidation sites excluding steroid dienone is 1. The summed E-state index contributed by atoms with van der Waals surface area (Å²) < 4.78 is 6.47. The SMILES string of the molecule is O=C(C=Cc1cccc([N+](=O)[O-])c1)n1nc(-c2ccco2)nc1NCc1ccccc1. The molecule has 0 saturated heterocycles. The Morgan fingerprint density at radius 1 is 1.13 bits per heavy atom. The number of nitro benzene ring substituents is 1. The van der Waals surface area contributed by atoms with E-state index in [-0.39, 0.29) is 17.5 Å². The fourth-order valence-electron chi connectivity index (χ4n) is 2.85. The van der Waals surface area contributed by atoms with Crippen LogP contribution in [0.2, 0.25) is 0 Å². The van der Waals surface area contributed by atoms with Gasteiger partial charge in [-0.3, -0.25) is 14.9 Å². The van der Waals surface area contributed by atoms with Crippen LogP contribution in [-0.4, -0.2) is 25.6 Å². The van der Waals surface area contributed by atoms with E-state index in [1.165, 1.54) is 30.5 Å². The van der Waals surface area contributed by atoms with Gasteiger partial charge >= 0.3 is 0 Å². The number of nitrogens with one attached hydrogen (secondary N) is 1. The van der Waals surface area contributed by atoms with Gasteiger partial charge in [0.25, 0.3) is 11.6 Å². The van der Waals surface area contributed by atoms with Gasteiger partial charge in [0.1, 0.15) is 0 Å². The summed E-state index contributed by atoms with van der Waals surface area (Å²) in [7, 11) is 0. The van der Waals surface area contributed by atoms with Gasteiger partial charge < -0.3 is 9.73 Å². The Morgan fingerprint density at radius 2 is 1.97 bits per heavy atom. The number of aromatic nitrogens is 3. The predicted octanol–water partition coefficient (Wildman–Crippen LogP) is 4.41. The van der Waals surface area contributed by atoms with Crippen molar-refractivity contribution in [1.29, 1.82) is 0 Å². The highest BCUT2D eigenvalue weighted by molar-refractivity contribution is 5.95. The molecule has 2 aromatic heterocycles. The normalized spacial score (nSPS) is 11.0. The standard InChI is InChI=1S/C22H17N5O4/c28-20(12-11-16-8-4-9-18(14-16)27(29)30)26-22(23-15-17-6-2-1-3-7-17)24-21(25-26)19-10-5-13-31-19/h1-14H,15H2,(H,23,24,25). The van der Waals surface area contributed by atoms with E-state index in [4.69, 9.17) is 4.42 Å². The lowest BCUT2D eigenvalue weighted by molar-refractivity contribution is -0.384. The van der Waals surface area contributed by atoms with E-state index in [2.05, 4.69) is 15.4 Å². The summed E-state index contributed by atoms with van der Waals surface area (Å²) in [6.07, 6.45) is 4.27. The molecule has 9 heteroatoms. The minimum absolute atomic E-state index is 0.0549. The molecule has 0 aliphatic heterocycles. The molecular weight excluding hydrogens is 398 g/mol. The zero-order valence-electron chi connectivity index (χ0n) is 16.2. The van der Waals surface area contributed by atoms with Gasteiger partial charge in [-0.1, -0.05) is 42.5 Å². The fourth-order valence-corrected chi connectivity index (χ4v) is 2.85. The number of anilines is 1. The van der Waals surface area contributed by atoms with Crippen molar-refractivity contribution in [2.75, 3.05) is 5.32 Å². The Morgan fingerprint density at radius 3 is 2.71 bits per heavy atom. The fraction of sp³-hybridized carbons (Fsp3) is 0.0455. The van der Waals surface area contributed by atoms with Crippen molar-refractivity contribution >= 4 is 23.6 Å². The number of carbonyl (C=O) groups excluding carboxylic acids is 1. The van der Waals surface area contributed by atoms with E-state index in [1.54, 1.807) is 24.3 Å². The first kappa shape index (κ1) is 19.8. The summed E-state index contributed by atoms with van der Waals surface area (Å²) in [6, 6.07) is 19.1. The van der Waals surface area contributed by atoms with Crippen LogP contribution < -0.4 is 5.32 Å². The lowest BCUT2D eigenvalue weighted by Crippen LogP contribution is -2.14. The molecule has 4 aromatic rings. The third kappa shape index (κ3) is 4.73. The maximum absolute atomic E-state index is 12.8. The number of furan rings is 1. The number of hydrogen-bond donors (Lipinski definition) is 1.